The van der Waals surface area contributed by atoms with Gasteiger partial charge in [0.1, 0.15) is 0 Å². The standard InChI is InChI=1S/C39H28N2/c1-39(2)33-18-6-4-16-31(33)38-37(39)36(32-17-5-8-20-35(32)41-38)29-15-10-13-26(22-29)25-12-9-14-27(21-25)30-23-28-11-3-7-19-34(28)40-24-30/h3-24H,1-2H3. The van der Waals surface area contributed by atoms with Crippen molar-refractivity contribution in [1.82, 2.24) is 9.97 Å². The van der Waals surface area contributed by atoms with Crippen LogP contribution in [-0.2, 0) is 5.41 Å². The molecule has 0 fully saturated rings. The lowest BCUT2D eigenvalue weighted by atomic mass is 9.78. The van der Waals surface area contributed by atoms with Crippen LogP contribution in [0.3, 0.4) is 0 Å². The zero-order valence-corrected chi connectivity index (χ0v) is 23.1. The summed E-state index contributed by atoms with van der Waals surface area (Å²) in [4.78, 5) is 9.92. The molecule has 0 unspecified atom stereocenters. The number of pyridine rings is 2. The summed E-state index contributed by atoms with van der Waals surface area (Å²) in [5.74, 6) is 0. The number of benzene rings is 5. The van der Waals surface area contributed by atoms with E-state index in [4.69, 9.17) is 9.97 Å². The zero-order chi connectivity index (χ0) is 27.6. The van der Waals surface area contributed by atoms with E-state index in [2.05, 4.69) is 135 Å². The molecule has 8 rings (SSSR count). The second kappa shape index (κ2) is 8.97. The number of nitrogens with zero attached hydrogens (tertiary/aromatic N) is 2. The summed E-state index contributed by atoms with van der Waals surface area (Å²) in [7, 11) is 0. The molecule has 7 aromatic rings. The van der Waals surface area contributed by atoms with Crippen molar-refractivity contribution in [2.45, 2.75) is 19.3 Å². The molecule has 0 atom stereocenters. The van der Waals surface area contributed by atoms with Crippen LogP contribution in [0.4, 0.5) is 0 Å². The number of hydrogen-bond acceptors (Lipinski definition) is 2. The number of fused-ring (bicyclic) bond motifs is 5. The summed E-state index contributed by atoms with van der Waals surface area (Å²) >= 11 is 0. The summed E-state index contributed by atoms with van der Waals surface area (Å²) in [6, 6.07) is 45.6. The molecule has 1 aliphatic carbocycles. The number of para-hydroxylation sites is 2. The lowest BCUT2D eigenvalue weighted by molar-refractivity contribution is 0.662. The predicted octanol–water partition coefficient (Wildman–Crippen LogP) is 10.1. The van der Waals surface area contributed by atoms with Gasteiger partial charge in [0, 0.05) is 33.5 Å². The molecule has 5 aromatic carbocycles. The van der Waals surface area contributed by atoms with E-state index >= 15 is 0 Å². The molecular formula is C39H28N2. The fourth-order valence-corrected chi connectivity index (χ4v) is 6.65. The topological polar surface area (TPSA) is 25.8 Å². The lowest BCUT2D eigenvalue weighted by Gasteiger charge is -2.25. The number of hydrogen-bond donors (Lipinski definition) is 0. The second-order valence-electron chi connectivity index (χ2n) is 11.5. The van der Waals surface area contributed by atoms with Gasteiger partial charge in [-0.2, -0.15) is 0 Å². The minimum Gasteiger partial charge on any atom is -0.256 e. The summed E-state index contributed by atoms with van der Waals surface area (Å²) in [6.07, 6.45) is 1.98. The Hall–Kier alpha value is -5.08. The summed E-state index contributed by atoms with van der Waals surface area (Å²) in [6.45, 7) is 4.67. The highest BCUT2D eigenvalue weighted by Crippen LogP contribution is 2.53. The highest BCUT2D eigenvalue weighted by atomic mass is 14.7. The largest absolute Gasteiger partial charge is 0.256 e. The van der Waals surface area contributed by atoms with Gasteiger partial charge in [-0.05, 0) is 69.3 Å². The van der Waals surface area contributed by atoms with Gasteiger partial charge in [-0.15, -0.1) is 0 Å². The Kier molecular flexibility index (Phi) is 5.20. The first kappa shape index (κ1) is 23.8. The first-order valence-corrected chi connectivity index (χ1v) is 14.2. The van der Waals surface area contributed by atoms with Gasteiger partial charge in [-0.1, -0.05) is 111 Å². The minimum atomic E-state index is -0.155. The molecule has 0 N–H and O–H groups in total. The quantitative estimate of drug-likeness (QED) is 0.230. The summed E-state index contributed by atoms with van der Waals surface area (Å²) in [5.41, 5.74) is 14.1. The van der Waals surface area contributed by atoms with Crippen molar-refractivity contribution in [1.29, 1.82) is 0 Å². The molecule has 0 bridgehead atoms. The second-order valence-corrected chi connectivity index (χ2v) is 11.5. The van der Waals surface area contributed by atoms with Crippen LogP contribution in [0.5, 0.6) is 0 Å². The van der Waals surface area contributed by atoms with Gasteiger partial charge >= 0.3 is 0 Å². The van der Waals surface area contributed by atoms with E-state index in [0.717, 1.165) is 33.2 Å². The fourth-order valence-electron chi connectivity index (χ4n) is 6.65. The van der Waals surface area contributed by atoms with Crippen molar-refractivity contribution in [3.8, 4) is 44.6 Å². The molecule has 0 saturated carbocycles. The molecule has 41 heavy (non-hydrogen) atoms. The molecule has 2 heterocycles. The Balaban J connectivity index is 1.30. The minimum absolute atomic E-state index is 0.155. The van der Waals surface area contributed by atoms with Crippen molar-refractivity contribution >= 4 is 21.8 Å². The highest BCUT2D eigenvalue weighted by molar-refractivity contribution is 6.02. The van der Waals surface area contributed by atoms with Gasteiger partial charge in [-0.3, -0.25) is 4.98 Å². The molecule has 194 valence electrons. The third-order valence-electron chi connectivity index (χ3n) is 8.64. The molecule has 2 nitrogen and oxygen atoms in total. The van der Waals surface area contributed by atoms with Crippen LogP contribution >= 0.6 is 0 Å². The van der Waals surface area contributed by atoms with Crippen molar-refractivity contribution in [2.75, 3.05) is 0 Å². The Morgan fingerprint density at radius 2 is 1.17 bits per heavy atom. The molecule has 0 saturated heterocycles. The maximum atomic E-state index is 5.22. The number of aromatic nitrogens is 2. The van der Waals surface area contributed by atoms with Crippen molar-refractivity contribution in [2.24, 2.45) is 0 Å². The molecule has 0 aliphatic heterocycles. The van der Waals surface area contributed by atoms with Gasteiger partial charge in [0.2, 0.25) is 0 Å². The predicted molar refractivity (Wildman–Crippen MR) is 171 cm³/mol. The smallest absolute Gasteiger partial charge is 0.0759 e. The van der Waals surface area contributed by atoms with E-state index < -0.39 is 0 Å². The van der Waals surface area contributed by atoms with Crippen LogP contribution in [0, 0.1) is 0 Å². The van der Waals surface area contributed by atoms with Crippen molar-refractivity contribution < 1.29 is 0 Å². The molecule has 2 aromatic heterocycles. The van der Waals surface area contributed by atoms with Crippen LogP contribution in [-0.4, -0.2) is 9.97 Å². The van der Waals surface area contributed by atoms with Gasteiger partial charge in [0.05, 0.1) is 16.7 Å². The van der Waals surface area contributed by atoms with Gasteiger partial charge in [0.25, 0.3) is 0 Å². The normalized spacial score (nSPS) is 13.3. The molecule has 0 amide bonds. The van der Waals surface area contributed by atoms with Crippen LogP contribution in [0.2, 0.25) is 0 Å². The summed E-state index contributed by atoms with van der Waals surface area (Å²) in [5, 5.41) is 2.35. The number of rotatable bonds is 3. The average molecular weight is 525 g/mol. The third kappa shape index (κ3) is 3.72. The Bertz CT molecular complexity index is 2140. The Morgan fingerprint density at radius 1 is 0.537 bits per heavy atom. The van der Waals surface area contributed by atoms with E-state index in [1.54, 1.807) is 0 Å². The van der Waals surface area contributed by atoms with Crippen LogP contribution in [0.15, 0.2) is 134 Å². The van der Waals surface area contributed by atoms with Gasteiger partial charge < -0.3 is 0 Å². The lowest BCUT2D eigenvalue weighted by Crippen LogP contribution is -2.16. The van der Waals surface area contributed by atoms with Crippen LogP contribution in [0.1, 0.15) is 25.0 Å². The monoisotopic (exact) mass is 524 g/mol. The first-order chi connectivity index (χ1) is 20.1. The first-order valence-electron chi connectivity index (χ1n) is 14.2. The van der Waals surface area contributed by atoms with Crippen LogP contribution in [0.25, 0.3) is 66.4 Å². The fraction of sp³-hybridized carbons (Fsp3) is 0.0769. The zero-order valence-electron chi connectivity index (χ0n) is 23.1. The Morgan fingerprint density at radius 3 is 2.00 bits per heavy atom. The van der Waals surface area contributed by atoms with Crippen molar-refractivity contribution in [3.05, 3.63) is 145 Å². The maximum Gasteiger partial charge on any atom is 0.0759 e. The van der Waals surface area contributed by atoms with Gasteiger partial charge in [-0.25, -0.2) is 4.98 Å². The van der Waals surface area contributed by atoms with E-state index in [1.165, 1.54) is 44.3 Å². The van der Waals surface area contributed by atoms with E-state index in [9.17, 15) is 0 Å². The van der Waals surface area contributed by atoms with Crippen molar-refractivity contribution in [3.63, 3.8) is 0 Å². The molecular weight excluding hydrogens is 496 g/mol. The highest BCUT2D eigenvalue weighted by Gasteiger charge is 2.39. The van der Waals surface area contributed by atoms with E-state index in [1.807, 2.05) is 12.3 Å². The maximum absolute atomic E-state index is 5.22. The molecule has 0 radical (unpaired) electrons. The summed E-state index contributed by atoms with van der Waals surface area (Å²) < 4.78 is 0. The third-order valence-corrected chi connectivity index (χ3v) is 8.64. The van der Waals surface area contributed by atoms with E-state index in [-0.39, 0.29) is 5.41 Å². The van der Waals surface area contributed by atoms with Crippen LogP contribution < -0.4 is 0 Å². The SMILES string of the molecule is CC1(C)c2ccccc2-c2nc3ccccc3c(-c3cccc(-c4cccc(-c5cnc6ccccc6c5)c4)c3)c21. The Labute approximate surface area is 240 Å². The molecule has 0 spiro atoms. The molecule has 1 aliphatic rings. The van der Waals surface area contributed by atoms with Gasteiger partial charge in [0.15, 0.2) is 0 Å². The average Bonchev–Trinajstić information content (AvgIpc) is 3.26. The molecule has 2 heteroatoms. The van der Waals surface area contributed by atoms with E-state index in [0.29, 0.717) is 0 Å².